The van der Waals surface area contributed by atoms with E-state index in [4.69, 9.17) is 15.0 Å². The van der Waals surface area contributed by atoms with E-state index in [1.165, 1.54) is 44.8 Å². The number of para-hydroxylation sites is 1. The molecule has 0 bridgehead atoms. The molecule has 1 heterocycles. The Morgan fingerprint density at radius 2 is 0.635 bits per heavy atom. The van der Waals surface area contributed by atoms with Crippen molar-refractivity contribution >= 4 is 34.4 Å². The van der Waals surface area contributed by atoms with Gasteiger partial charge >= 0.3 is 0 Å². The fourth-order valence-corrected chi connectivity index (χ4v) is 10.7. The fraction of sp³-hybridized carbons (Fsp3) is 0.0870. The molecule has 0 spiro atoms. The average molecular weight is 956 g/mol. The highest BCUT2D eigenvalue weighted by molar-refractivity contribution is 5.90. The van der Waals surface area contributed by atoms with E-state index < -0.39 is 0 Å². The molecule has 74 heavy (non-hydrogen) atoms. The van der Waals surface area contributed by atoms with E-state index in [1.807, 2.05) is 6.07 Å². The minimum Gasteiger partial charge on any atom is -0.309 e. The van der Waals surface area contributed by atoms with Gasteiger partial charge in [0.25, 0.3) is 0 Å². The van der Waals surface area contributed by atoms with Crippen LogP contribution >= 0.6 is 0 Å². The first-order valence-corrected chi connectivity index (χ1v) is 25.3. The Balaban J connectivity index is 1.18. The molecule has 0 radical (unpaired) electrons. The topological polar surface area (TPSA) is 45.2 Å². The lowest BCUT2D eigenvalue weighted by molar-refractivity contribution is 1.02. The average Bonchev–Trinajstić information content (AvgIpc) is 3.43. The number of anilines is 6. The van der Waals surface area contributed by atoms with E-state index >= 15 is 0 Å². The van der Waals surface area contributed by atoms with Gasteiger partial charge in [0, 0.05) is 28.1 Å². The third kappa shape index (κ3) is 9.51. The Labute approximate surface area is 435 Å². The number of aromatic nitrogens is 3. The molecule has 0 saturated heterocycles. The predicted octanol–water partition coefficient (Wildman–Crippen LogP) is 18.7. The highest BCUT2D eigenvalue weighted by atomic mass is 15.3. The molecule has 0 amide bonds. The fourth-order valence-electron chi connectivity index (χ4n) is 10.7. The summed E-state index contributed by atoms with van der Waals surface area (Å²) in [4.78, 5) is 21.3. The van der Waals surface area contributed by atoms with Crippen LogP contribution in [0.3, 0.4) is 0 Å². The lowest BCUT2D eigenvalue weighted by atomic mass is 9.95. The van der Waals surface area contributed by atoms with Crippen LogP contribution in [0.5, 0.6) is 0 Å². The first-order chi connectivity index (χ1) is 36.2. The minimum absolute atomic E-state index is 0.489. The van der Waals surface area contributed by atoms with Crippen LogP contribution in [-0.4, -0.2) is 15.0 Å². The van der Waals surface area contributed by atoms with Crippen molar-refractivity contribution in [1.29, 1.82) is 0 Å². The van der Waals surface area contributed by atoms with Gasteiger partial charge in [0.2, 0.25) is 5.95 Å². The quantitative estimate of drug-likeness (QED) is 0.122. The lowest BCUT2D eigenvalue weighted by Gasteiger charge is -2.32. The second kappa shape index (κ2) is 20.5. The molecule has 11 rings (SSSR count). The van der Waals surface area contributed by atoms with E-state index in [2.05, 4.69) is 282 Å². The molecule has 0 fully saturated rings. The molecule has 11 aromatic rings. The molecule has 0 aliphatic carbocycles. The van der Waals surface area contributed by atoms with Gasteiger partial charge in [-0.3, -0.25) is 4.90 Å². The van der Waals surface area contributed by atoms with Crippen LogP contribution in [0.15, 0.2) is 237 Å². The van der Waals surface area contributed by atoms with Crippen LogP contribution in [0.1, 0.15) is 33.4 Å². The lowest BCUT2D eigenvalue weighted by Crippen LogP contribution is -2.18. The second-order valence-corrected chi connectivity index (χ2v) is 19.3. The van der Waals surface area contributed by atoms with Crippen molar-refractivity contribution in [3.63, 3.8) is 0 Å². The molecule has 10 aromatic carbocycles. The molecular formula is C69H57N5. The molecule has 1 aromatic heterocycles. The molecule has 358 valence electrons. The largest absolute Gasteiger partial charge is 0.309 e. The third-order valence-electron chi connectivity index (χ3n) is 13.8. The zero-order chi connectivity index (χ0) is 50.7. The van der Waals surface area contributed by atoms with Crippen molar-refractivity contribution in [2.75, 3.05) is 9.80 Å². The minimum atomic E-state index is 0.489. The molecule has 0 aliphatic heterocycles. The zero-order valence-corrected chi connectivity index (χ0v) is 42.8. The van der Waals surface area contributed by atoms with Gasteiger partial charge in [0.05, 0.1) is 17.1 Å². The molecule has 5 heteroatoms. The number of hydrogen-bond acceptors (Lipinski definition) is 5. The first kappa shape index (κ1) is 47.2. The van der Waals surface area contributed by atoms with E-state index in [9.17, 15) is 0 Å². The van der Waals surface area contributed by atoms with Crippen molar-refractivity contribution < 1.29 is 0 Å². The highest BCUT2D eigenvalue weighted by Crippen LogP contribution is 2.46. The standard InChI is InChI=1S/C69H57N5/c1-46-39-48(3)65(49(4)40-46)74(66-50(5)41-47(2)42-51(66)6)60-37-35-59(36-38-60)73(64-34-22-21-32-62(64)55-29-17-10-18-30-55)69-71-67(70-68(72-69)63-33-20-19-31-61(63)54-27-15-9-16-28-54)58-44-56(52-23-11-7-12-24-52)43-57(45-58)53-25-13-8-14-26-53/h7-45H,1-6H3. The first-order valence-electron chi connectivity index (χ1n) is 25.3. The molecule has 0 saturated carbocycles. The third-order valence-corrected chi connectivity index (χ3v) is 13.8. The summed E-state index contributed by atoms with van der Waals surface area (Å²) in [6.45, 7) is 13.2. The summed E-state index contributed by atoms with van der Waals surface area (Å²) in [5.41, 5.74) is 23.0. The van der Waals surface area contributed by atoms with Gasteiger partial charge in [-0.1, -0.05) is 199 Å². The van der Waals surface area contributed by atoms with Gasteiger partial charge in [-0.05, 0) is 151 Å². The normalized spacial score (nSPS) is 11.1. The van der Waals surface area contributed by atoms with Gasteiger partial charge in [-0.25, -0.2) is 4.98 Å². The maximum atomic E-state index is 5.60. The monoisotopic (exact) mass is 955 g/mol. The maximum absolute atomic E-state index is 5.60. The Bertz CT molecular complexity index is 3620. The SMILES string of the molecule is Cc1cc(C)c(N(c2ccc(N(c3nc(-c4cc(-c5ccccc5)cc(-c5ccccc5)c4)nc(-c4ccccc4-c4ccccc4)n3)c3ccccc3-c3ccccc3)cc2)c2c(C)cc(C)cc2C)c(C)c1. The van der Waals surface area contributed by atoms with Crippen LogP contribution in [0, 0.1) is 41.5 Å². The van der Waals surface area contributed by atoms with Gasteiger partial charge in [-0.2, -0.15) is 9.97 Å². The van der Waals surface area contributed by atoms with Crippen LogP contribution in [-0.2, 0) is 0 Å². The van der Waals surface area contributed by atoms with E-state index in [1.54, 1.807) is 0 Å². The van der Waals surface area contributed by atoms with Gasteiger partial charge in [0.1, 0.15) is 0 Å². The van der Waals surface area contributed by atoms with Gasteiger partial charge in [-0.15, -0.1) is 0 Å². The van der Waals surface area contributed by atoms with E-state index in [0.717, 1.165) is 72.7 Å². The summed E-state index contributed by atoms with van der Waals surface area (Å²) in [5, 5.41) is 0. The van der Waals surface area contributed by atoms with Crippen molar-refractivity contribution in [2.45, 2.75) is 41.5 Å². The van der Waals surface area contributed by atoms with Crippen molar-refractivity contribution in [1.82, 2.24) is 15.0 Å². The Hall–Kier alpha value is -9.19. The molecule has 0 unspecified atom stereocenters. The van der Waals surface area contributed by atoms with Crippen LogP contribution in [0.4, 0.5) is 34.4 Å². The molecule has 0 aliphatic rings. The van der Waals surface area contributed by atoms with Gasteiger partial charge < -0.3 is 4.90 Å². The predicted molar refractivity (Wildman–Crippen MR) is 310 cm³/mol. The summed E-state index contributed by atoms with van der Waals surface area (Å²) in [5.74, 6) is 1.61. The van der Waals surface area contributed by atoms with E-state index in [0.29, 0.717) is 17.6 Å². The number of hydrogen-bond donors (Lipinski definition) is 0. The summed E-state index contributed by atoms with van der Waals surface area (Å²) in [6.07, 6.45) is 0. The Morgan fingerprint density at radius 3 is 1.12 bits per heavy atom. The number of rotatable bonds is 12. The summed E-state index contributed by atoms with van der Waals surface area (Å²) in [7, 11) is 0. The number of benzene rings is 10. The van der Waals surface area contributed by atoms with Crippen LogP contribution in [0.2, 0.25) is 0 Å². The van der Waals surface area contributed by atoms with Crippen LogP contribution < -0.4 is 9.80 Å². The summed E-state index contributed by atoms with van der Waals surface area (Å²) in [6, 6.07) is 83.9. The maximum Gasteiger partial charge on any atom is 0.238 e. The summed E-state index contributed by atoms with van der Waals surface area (Å²) >= 11 is 0. The molecular weight excluding hydrogens is 899 g/mol. The molecule has 0 N–H and O–H groups in total. The second-order valence-electron chi connectivity index (χ2n) is 19.3. The smallest absolute Gasteiger partial charge is 0.238 e. The Kier molecular flexibility index (Phi) is 13.1. The van der Waals surface area contributed by atoms with E-state index in [-0.39, 0.29) is 0 Å². The van der Waals surface area contributed by atoms with Crippen molar-refractivity contribution in [2.24, 2.45) is 0 Å². The highest BCUT2D eigenvalue weighted by Gasteiger charge is 2.26. The summed E-state index contributed by atoms with van der Waals surface area (Å²) < 4.78 is 0. The molecule has 0 atom stereocenters. The zero-order valence-electron chi connectivity index (χ0n) is 42.8. The van der Waals surface area contributed by atoms with Crippen molar-refractivity contribution in [3.05, 3.63) is 270 Å². The number of aryl methyl sites for hydroxylation is 6. The van der Waals surface area contributed by atoms with Crippen molar-refractivity contribution in [3.8, 4) is 67.3 Å². The number of nitrogens with zero attached hydrogens (tertiary/aromatic N) is 5. The Morgan fingerprint density at radius 1 is 0.270 bits per heavy atom. The van der Waals surface area contributed by atoms with Crippen LogP contribution in [0.25, 0.3) is 67.3 Å². The molecule has 5 nitrogen and oxygen atoms in total. The van der Waals surface area contributed by atoms with Gasteiger partial charge in [0.15, 0.2) is 11.6 Å².